The van der Waals surface area contributed by atoms with Crippen molar-refractivity contribution in [3.63, 3.8) is 0 Å². The Kier molecular flexibility index (Phi) is 5.29. The zero-order chi connectivity index (χ0) is 18.0. The van der Waals surface area contributed by atoms with Crippen LogP contribution in [0.3, 0.4) is 0 Å². The van der Waals surface area contributed by atoms with Crippen molar-refractivity contribution in [1.29, 1.82) is 0 Å². The molecule has 0 aliphatic heterocycles. The van der Waals surface area contributed by atoms with Gasteiger partial charge in [0.1, 0.15) is 0 Å². The third kappa shape index (κ3) is 3.80. The molecule has 3 rings (SSSR count). The monoisotopic (exact) mass is 388 g/mol. The number of aryl methyl sites for hydroxylation is 1. The molecule has 3 nitrogen and oxygen atoms in total. The molecular formula is C19H14Cl2N2OS. The van der Waals surface area contributed by atoms with E-state index in [9.17, 15) is 4.79 Å². The Labute approximate surface area is 159 Å². The summed E-state index contributed by atoms with van der Waals surface area (Å²) in [4.78, 5) is 17.1. The molecule has 0 saturated carbocycles. The van der Waals surface area contributed by atoms with E-state index in [1.165, 1.54) is 11.3 Å². The van der Waals surface area contributed by atoms with Gasteiger partial charge in [-0.15, -0.1) is 6.42 Å². The second-order valence-corrected chi connectivity index (χ2v) is 7.34. The summed E-state index contributed by atoms with van der Waals surface area (Å²) in [6, 6.07) is 11.2. The number of fused-ring (bicyclic) bond motifs is 1. The summed E-state index contributed by atoms with van der Waals surface area (Å²) < 4.78 is 2.52. The first-order chi connectivity index (χ1) is 12.0. The van der Waals surface area contributed by atoms with Gasteiger partial charge in [0.25, 0.3) is 5.91 Å². The molecule has 0 aliphatic rings. The maximum absolute atomic E-state index is 12.4. The zero-order valence-electron chi connectivity index (χ0n) is 13.4. The number of nitrogens with zero attached hydrogens (tertiary/aromatic N) is 2. The number of amides is 1. The summed E-state index contributed by atoms with van der Waals surface area (Å²) in [7, 11) is 0. The van der Waals surface area contributed by atoms with Gasteiger partial charge in [0.05, 0.1) is 33.2 Å². The molecule has 0 N–H and O–H groups in total. The number of carbonyl (C=O) groups is 1. The number of benzene rings is 2. The number of halogens is 2. The fourth-order valence-electron chi connectivity index (χ4n) is 2.46. The average molecular weight is 389 g/mol. The lowest BCUT2D eigenvalue weighted by Gasteiger charge is -2.02. The highest BCUT2D eigenvalue weighted by Crippen LogP contribution is 2.31. The molecule has 0 unspecified atom stereocenters. The number of rotatable bonds is 3. The number of carbonyl (C=O) groups excluding carboxylic acids is 1. The largest absolute Gasteiger partial charge is 0.303 e. The third-order valence-corrected chi connectivity index (χ3v) is 5.52. The minimum atomic E-state index is -0.242. The fourth-order valence-corrected chi connectivity index (χ4v) is 4.12. The van der Waals surface area contributed by atoms with Crippen molar-refractivity contribution in [2.45, 2.75) is 19.9 Å². The van der Waals surface area contributed by atoms with Crippen molar-refractivity contribution in [3.8, 4) is 12.3 Å². The highest BCUT2D eigenvalue weighted by molar-refractivity contribution is 7.17. The Hall–Kier alpha value is -2.06. The molecule has 1 heterocycles. The molecule has 0 fully saturated rings. The molecule has 0 atom stereocenters. The molecule has 1 amide bonds. The van der Waals surface area contributed by atoms with Crippen LogP contribution < -0.4 is 4.80 Å². The Morgan fingerprint density at radius 1 is 1.20 bits per heavy atom. The first-order valence-electron chi connectivity index (χ1n) is 7.53. The minimum Gasteiger partial charge on any atom is -0.303 e. The van der Waals surface area contributed by atoms with Crippen LogP contribution >= 0.6 is 34.5 Å². The van der Waals surface area contributed by atoms with Crippen LogP contribution in [0.4, 0.5) is 0 Å². The molecule has 25 heavy (non-hydrogen) atoms. The van der Waals surface area contributed by atoms with Crippen LogP contribution in [0.5, 0.6) is 0 Å². The number of thiazole rings is 1. The molecular weight excluding hydrogens is 375 g/mol. The maximum atomic E-state index is 12.4. The topological polar surface area (TPSA) is 34.4 Å². The van der Waals surface area contributed by atoms with Crippen LogP contribution in [0.2, 0.25) is 10.0 Å². The van der Waals surface area contributed by atoms with E-state index in [0.29, 0.717) is 20.4 Å². The summed E-state index contributed by atoms with van der Waals surface area (Å²) >= 11 is 13.9. The van der Waals surface area contributed by atoms with Gasteiger partial charge in [-0.05, 0) is 24.6 Å². The fraction of sp³-hybridized carbons (Fsp3) is 0.158. The van der Waals surface area contributed by atoms with Crippen molar-refractivity contribution < 1.29 is 4.79 Å². The molecule has 3 aromatic rings. The van der Waals surface area contributed by atoms with Gasteiger partial charge < -0.3 is 4.57 Å². The van der Waals surface area contributed by atoms with E-state index in [1.807, 2.05) is 31.2 Å². The van der Waals surface area contributed by atoms with Crippen LogP contribution in [0.1, 0.15) is 11.1 Å². The second kappa shape index (κ2) is 7.45. The standard InChI is InChI=1S/C19H14Cl2N2OS/c1-3-10-23-17-14(20)8-9-15(21)18(17)25-19(23)22-16(24)11-13-6-4-12(2)5-7-13/h1,4-9H,10-11H2,2H3. The van der Waals surface area contributed by atoms with Gasteiger partial charge in [-0.3, -0.25) is 4.79 Å². The van der Waals surface area contributed by atoms with E-state index < -0.39 is 0 Å². The predicted octanol–water partition coefficient (Wildman–Crippen LogP) is 4.62. The van der Waals surface area contributed by atoms with Crippen molar-refractivity contribution >= 4 is 50.7 Å². The lowest BCUT2D eigenvalue weighted by Crippen LogP contribution is -2.17. The van der Waals surface area contributed by atoms with Crippen LogP contribution in [0.25, 0.3) is 10.2 Å². The van der Waals surface area contributed by atoms with Gasteiger partial charge in [0.15, 0.2) is 4.80 Å². The van der Waals surface area contributed by atoms with Gasteiger partial charge in [-0.1, -0.05) is 70.3 Å². The SMILES string of the molecule is C#CCn1c(=NC(=O)Cc2ccc(C)cc2)sc2c(Cl)ccc(Cl)c21. The van der Waals surface area contributed by atoms with Gasteiger partial charge in [0.2, 0.25) is 0 Å². The van der Waals surface area contributed by atoms with Crippen LogP contribution in [-0.4, -0.2) is 10.5 Å². The molecule has 0 aliphatic carbocycles. The Morgan fingerprint density at radius 2 is 1.88 bits per heavy atom. The van der Waals surface area contributed by atoms with Gasteiger partial charge in [0, 0.05) is 0 Å². The Balaban J connectivity index is 2.06. The lowest BCUT2D eigenvalue weighted by molar-refractivity contribution is -0.117. The van der Waals surface area contributed by atoms with Crippen LogP contribution in [-0.2, 0) is 17.8 Å². The molecule has 0 saturated heterocycles. The van der Waals surface area contributed by atoms with Gasteiger partial charge in [-0.2, -0.15) is 4.99 Å². The van der Waals surface area contributed by atoms with E-state index >= 15 is 0 Å². The normalized spacial score (nSPS) is 11.7. The Bertz CT molecular complexity index is 1060. The number of terminal acetylenes is 1. The summed E-state index contributed by atoms with van der Waals surface area (Å²) in [6.07, 6.45) is 5.70. The number of hydrogen-bond donors (Lipinski definition) is 0. The van der Waals surface area contributed by atoms with Crippen LogP contribution in [0, 0.1) is 19.3 Å². The highest BCUT2D eigenvalue weighted by atomic mass is 35.5. The third-order valence-electron chi connectivity index (χ3n) is 3.67. The number of hydrogen-bond acceptors (Lipinski definition) is 2. The molecule has 0 bridgehead atoms. The van der Waals surface area contributed by atoms with Crippen LogP contribution in [0.15, 0.2) is 41.4 Å². The maximum Gasteiger partial charge on any atom is 0.252 e. The molecule has 126 valence electrons. The first-order valence-corrected chi connectivity index (χ1v) is 9.10. The number of aromatic nitrogens is 1. The quantitative estimate of drug-likeness (QED) is 0.602. The lowest BCUT2D eigenvalue weighted by atomic mass is 10.1. The smallest absolute Gasteiger partial charge is 0.252 e. The molecule has 0 radical (unpaired) electrons. The second-order valence-electron chi connectivity index (χ2n) is 5.55. The summed E-state index contributed by atoms with van der Waals surface area (Å²) in [6.45, 7) is 2.26. The predicted molar refractivity (Wildman–Crippen MR) is 104 cm³/mol. The van der Waals surface area contributed by atoms with E-state index in [-0.39, 0.29) is 18.9 Å². The van der Waals surface area contributed by atoms with Crippen molar-refractivity contribution in [2.75, 3.05) is 0 Å². The Morgan fingerprint density at radius 3 is 2.56 bits per heavy atom. The average Bonchev–Trinajstić information content (AvgIpc) is 2.93. The zero-order valence-corrected chi connectivity index (χ0v) is 15.8. The first kappa shape index (κ1) is 17.8. The van der Waals surface area contributed by atoms with E-state index in [1.54, 1.807) is 16.7 Å². The minimum absolute atomic E-state index is 0.228. The van der Waals surface area contributed by atoms with Crippen molar-refractivity contribution in [3.05, 3.63) is 62.4 Å². The molecule has 6 heteroatoms. The van der Waals surface area contributed by atoms with E-state index in [0.717, 1.165) is 15.8 Å². The molecule has 1 aromatic heterocycles. The van der Waals surface area contributed by atoms with Crippen molar-refractivity contribution in [1.82, 2.24) is 4.57 Å². The summed E-state index contributed by atoms with van der Waals surface area (Å²) in [5.41, 5.74) is 2.77. The van der Waals surface area contributed by atoms with E-state index in [4.69, 9.17) is 29.6 Å². The van der Waals surface area contributed by atoms with Crippen molar-refractivity contribution in [2.24, 2.45) is 4.99 Å². The summed E-state index contributed by atoms with van der Waals surface area (Å²) in [5, 5.41) is 1.08. The highest BCUT2D eigenvalue weighted by Gasteiger charge is 2.13. The van der Waals surface area contributed by atoms with Gasteiger partial charge >= 0.3 is 0 Å². The van der Waals surface area contributed by atoms with E-state index in [2.05, 4.69) is 10.9 Å². The molecule has 2 aromatic carbocycles. The van der Waals surface area contributed by atoms with Gasteiger partial charge in [-0.25, -0.2) is 0 Å². The molecule has 0 spiro atoms. The summed E-state index contributed by atoms with van der Waals surface area (Å²) in [5.74, 6) is 2.33.